The van der Waals surface area contributed by atoms with Gasteiger partial charge < -0.3 is 5.21 Å². The van der Waals surface area contributed by atoms with Crippen molar-refractivity contribution in [1.29, 1.82) is 0 Å². The van der Waals surface area contributed by atoms with Gasteiger partial charge in [-0.15, -0.1) is 0 Å². The average molecular weight is 227 g/mol. The van der Waals surface area contributed by atoms with Gasteiger partial charge in [0.25, 0.3) is 0 Å². The molecule has 0 bridgehead atoms. The van der Waals surface area contributed by atoms with Crippen molar-refractivity contribution in [1.82, 2.24) is 4.74 Å². The van der Waals surface area contributed by atoms with E-state index in [0.717, 1.165) is 14.9 Å². The van der Waals surface area contributed by atoms with Crippen LogP contribution in [0.3, 0.4) is 0 Å². The van der Waals surface area contributed by atoms with Crippen molar-refractivity contribution in [2.24, 2.45) is 0 Å². The van der Waals surface area contributed by atoms with E-state index in [1.54, 1.807) is 11.8 Å². The maximum atomic E-state index is 12.2. The zero-order valence-electron chi connectivity index (χ0n) is 8.46. The molecule has 2 aromatic carbocycles. The van der Waals surface area contributed by atoms with Crippen LogP contribution < -0.4 is 15.3 Å². The van der Waals surface area contributed by atoms with Crippen LogP contribution in [0.1, 0.15) is 0 Å². The first-order valence-electron chi connectivity index (χ1n) is 5.01. The molecule has 0 aliphatic carbocycles. The van der Waals surface area contributed by atoms with Crippen molar-refractivity contribution in [2.45, 2.75) is 4.90 Å². The van der Waals surface area contributed by atoms with Crippen molar-refractivity contribution < 1.29 is 0 Å². The quantitative estimate of drug-likeness (QED) is 0.507. The third-order valence-electron chi connectivity index (χ3n) is 2.55. The van der Waals surface area contributed by atoms with E-state index in [9.17, 15) is 5.21 Å². The third-order valence-corrected chi connectivity index (χ3v) is 3.52. The smallest absolute Gasteiger partial charge is 0.231 e. The van der Waals surface area contributed by atoms with Gasteiger partial charge in [-0.1, -0.05) is 36.0 Å². The summed E-state index contributed by atoms with van der Waals surface area (Å²) in [7, 11) is 0. The largest absolute Gasteiger partial charge is 0.618 e. The summed E-state index contributed by atoms with van der Waals surface area (Å²) in [6.07, 6.45) is 0. The minimum absolute atomic E-state index is 0.708. The van der Waals surface area contributed by atoms with Gasteiger partial charge in [0, 0.05) is 12.1 Å². The Morgan fingerprint density at radius 3 is 2.62 bits per heavy atom. The molecule has 1 heterocycles. The monoisotopic (exact) mass is 227 g/mol. The summed E-state index contributed by atoms with van der Waals surface area (Å²) in [5.41, 5.74) is 0.716. The third kappa shape index (κ3) is 1.41. The Balaban J connectivity index is 2.45. The van der Waals surface area contributed by atoms with E-state index in [2.05, 4.69) is 0 Å². The molecule has 0 amide bonds. The maximum Gasteiger partial charge on any atom is 0.231 e. The summed E-state index contributed by atoms with van der Waals surface area (Å²) >= 11 is 1.59. The van der Waals surface area contributed by atoms with Gasteiger partial charge in [-0.05, 0) is 17.5 Å². The van der Waals surface area contributed by atoms with Crippen LogP contribution in [0, 0.1) is 5.21 Å². The average Bonchev–Trinajstić information content (AvgIpc) is 2.49. The van der Waals surface area contributed by atoms with E-state index in [4.69, 9.17) is 0 Å². The Morgan fingerprint density at radius 1 is 0.938 bits per heavy atom. The lowest BCUT2D eigenvalue weighted by Crippen LogP contribution is -2.33. The first-order valence-corrected chi connectivity index (χ1v) is 5.89. The minimum Gasteiger partial charge on any atom is -0.618 e. The van der Waals surface area contributed by atoms with E-state index in [-0.39, 0.29) is 0 Å². The molecule has 3 rings (SSSR count). The number of thioether (sulfide) groups is 1. The second-order valence-electron chi connectivity index (χ2n) is 3.56. The van der Waals surface area contributed by atoms with Crippen molar-refractivity contribution in [3.05, 3.63) is 64.3 Å². The van der Waals surface area contributed by atoms with Crippen LogP contribution in [0.15, 0.2) is 53.4 Å². The molecule has 0 saturated carbocycles. The summed E-state index contributed by atoms with van der Waals surface area (Å²) in [4.78, 5) is 0.994. The van der Waals surface area contributed by atoms with Crippen molar-refractivity contribution in [2.75, 3.05) is 0 Å². The molecule has 0 radical (unpaired) electrons. The molecule has 0 atom stereocenters. The summed E-state index contributed by atoms with van der Waals surface area (Å²) in [5.74, 6) is 0. The minimum atomic E-state index is 0.708. The first kappa shape index (κ1) is 9.48. The molecule has 3 heteroatoms. The fourth-order valence-electron chi connectivity index (χ4n) is 1.75. The van der Waals surface area contributed by atoms with Crippen LogP contribution in [0.5, 0.6) is 0 Å². The van der Waals surface area contributed by atoms with Gasteiger partial charge in [0.1, 0.15) is 0 Å². The highest BCUT2D eigenvalue weighted by Gasteiger charge is 2.12. The predicted molar refractivity (Wildman–Crippen MR) is 66.7 cm³/mol. The molecule has 0 N–H and O–H groups in total. The van der Waals surface area contributed by atoms with Gasteiger partial charge in [-0.2, -0.15) is 4.74 Å². The summed E-state index contributed by atoms with van der Waals surface area (Å²) in [6, 6.07) is 15.3. The number of para-hydroxylation sites is 2. The Kier molecular flexibility index (Phi) is 2.18. The summed E-state index contributed by atoms with van der Waals surface area (Å²) < 4.78 is 1.00. The molecule has 0 aromatic heterocycles. The van der Waals surface area contributed by atoms with Gasteiger partial charge in [0.05, 0.1) is 10.1 Å². The molecule has 0 fully saturated rings. The summed E-state index contributed by atoms with van der Waals surface area (Å²) in [5, 5.41) is 15.9. The van der Waals surface area contributed by atoms with Gasteiger partial charge in [0.2, 0.25) is 11.0 Å². The molecular weight excluding hydrogens is 218 g/mol. The molecular formula is C13H9NOS. The number of hydrogen-bond acceptors (Lipinski definition) is 2. The predicted octanol–water partition coefficient (Wildman–Crippen LogP) is 1.85. The zero-order valence-corrected chi connectivity index (χ0v) is 9.28. The molecule has 1 aliphatic heterocycles. The van der Waals surface area contributed by atoms with Gasteiger partial charge in [-0.25, -0.2) is 0 Å². The van der Waals surface area contributed by atoms with Crippen molar-refractivity contribution in [3.8, 4) is 0 Å². The highest BCUT2D eigenvalue weighted by atomic mass is 32.2. The fourth-order valence-corrected chi connectivity index (χ4v) is 2.64. The van der Waals surface area contributed by atoms with Crippen LogP contribution in [-0.2, 0) is 0 Å². The van der Waals surface area contributed by atoms with E-state index in [1.165, 1.54) is 0 Å². The van der Waals surface area contributed by atoms with Crippen LogP contribution >= 0.6 is 11.8 Å². The molecule has 0 spiro atoms. The van der Waals surface area contributed by atoms with Gasteiger partial charge in [-0.3, -0.25) is 0 Å². The molecule has 0 unspecified atom stereocenters. The normalized spacial score (nSPS) is 13.4. The number of hydrogen-bond donors (Lipinski definition) is 0. The van der Waals surface area contributed by atoms with Crippen LogP contribution in [0.25, 0.3) is 5.41 Å². The van der Waals surface area contributed by atoms with E-state index in [1.807, 2.05) is 53.9 Å². The van der Waals surface area contributed by atoms with Crippen LogP contribution in [0.4, 0.5) is 5.69 Å². The Morgan fingerprint density at radius 2 is 1.69 bits per heavy atom. The van der Waals surface area contributed by atoms with Crippen LogP contribution in [0.2, 0.25) is 0 Å². The number of rotatable bonds is 0. The van der Waals surface area contributed by atoms with Gasteiger partial charge in [0.15, 0.2) is 0 Å². The van der Waals surface area contributed by atoms with E-state index < -0.39 is 0 Å². The second-order valence-corrected chi connectivity index (χ2v) is 4.47. The SMILES string of the molecule is [O-][N+]1=c2ccccc2=CSc2ccccc21. The lowest BCUT2D eigenvalue weighted by molar-refractivity contribution is 0.943. The Labute approximate surface area is 97.1 Å². The molecule has 2 aromatic rings. The first-order chi connectivity index (χ1) is 7.86. The van der Waals surface area contributed by atoms with E-state index >= 15 is 0 Å². The highest BCUT2D eigenvalue weighted by molar-refractivity contribution is 8.06. The number of nitrogens with zero attached hydrogens (tertiary/aromatic N) is 1. The second kappa shape index (κ2) is 3.68. The zero-order chi connectivity index (χ0) is 11.0. The van der Waals surface area contributed by atoms with Gasteiger partial charge >= 0.3 is 0 Å². The number of fused-ring (bicyclic) bond motifs is 2. The summed E-state index contributed by atoms with van der Waals surface area (Å²) in [6.45, 7) is 0. The molecule has 0 saturated heterocycles. The maximum absolute atomic E-state index is 12.2. The standard InChI is InChI=1S/C13H9NOS/c15-14-11-6-2-1-5-10(11)9-16-13-8-4-3-7-12(13)14/h1-9H. The van der Waals surface area contributed by atoms with Crippen LogP contribution in [-0.4, -0.2) is 0 Å². The lowest BCUT2D eigenvalue weighted by Gasteiger charge is -2.04. The fraction of sp³-hybridized carbons (Fsp3) is 0. The molecule has 78 valence electrons. The van der Waals surface area contributed by atoms with E-state index in [0.29, 0.717) is 11.0 Å². The number of benzene rings is 2. The Bertz CT molecular complexity index is 664. The topological polar surface area (TPSA) is 26.1 Å². The molecule has 2 nitrogen and oxygen atoms in total. The Hall–Kier alpha value is -1.74. The van der Waals surface area contributed by atoms with Crippen molar-refractivity contribution in [3.63, 3.8) is 0 Å². The molecule has 1 aliphatic rings. The molecule has 16 heavy (non-hydrogen) atoms. The lowest BCUT2D eigenvalue weighted by atomic mass is 10.3. The van der Waals surface area contributed by atoms with Crippen molar-refractivity contribution >= 4 is 22.9 Å². The highest BCUT2D eigenvalue weighted by Crippen LogP contribution is 2.29.